The monoisotopic (exact) mass is 312 g/mol. The number of alkyl halides is 3. The van der Waals surface area contributed by atoms with Crippen molar-refractivity contribution in [1.29, 1.82) is 0 Å². The fourth-order valence-electron chi connectivity index (χ4n) is 1.24. The van der Waals surface area contributed by atoms with Gasteiger partial charge in [0.15, 0.2) is 0 Å². The summed E-state index contributed by atoms with van der Waals surface area (Å²) in [4.78, 5) is 11.3. The molecular formula is C10H8BrF3O3. The molecule has 7 heteroatoms. The number of esters is 1. The Morgan fingerprint density at radius 3 is 2.59 bits per heavy atom. The topological polar surface area (TPSA) is 35.5 Å². The van der Waals surface area contributed by atoms with Crippen molar-refractivity contribution >= 4 is 21.9 Å². The fraction of sp³-hybridized carbons (Fsp3) is 0.300. The van der Waals surface area contributed by atoms with Crippen LogP contribution in [0.3, 0.4) is 0 Å². The van der Waals surface area contributed by atoms with Crippen LogP contribution < -0.4 is 4.74 Å². The molecule has 0 saturated heterocycles. The van der Waals surface area contributed by atoms with Gasteiger partial charge in [-0.05, 0) is 12.1 Å². The molecule has 3 nitrogen and oxygen atoms in total. The first-order chi connectivity index (χ1) is 7.99. The summed E-state index contributed by atoms with van der Waals surface area (Å²) in [7, 11) is 1.06. The van der Waals surface area contributed by atoms with Crippen LogP contribution in [0.1, 0.15) is 15.9 Å². The molecule has 1 aromatic carbocycles. The van der Waals surface area contributed by atoms with Crippen LogP contribution in [0, 0.1) is 5.82 Å². The zero-order valence-electron chi connectivity index (χ0n) is 8.68. The van der Waals surface area contributed by atoms with Gasteiger partial charge in [0.25, 0.3) is 0 Å². The van der Waals surface area contributed by atoms with Crippen molar-refractivity contribution in [3.8, 4) is 5.75 Å². The Bertz CT molecular complexity index is 424. The average molecular weight is 313 g/mol. The maximum atomic E-state index is 13.2. The second-order valence-corrected chi connectivity index (χ2v) is 3.51. The van der Waals surface area contributed by atoms with Crippen LogP contribution in [0.15, 0.2) is 12.1 Å². The Balaban J connectivity index is 3.33. The normalized spacial score (nSPS) is 10.5. The average Bonchev–Trinajstić information content (AvgIpc) is 2.29. The van der Waals surface area contributed by atoms with E-state index in [-0.39, 0.29) is 22.2 Å². The summed E-state index contributed by atoms with van der Waals surface area (Å²) in [6.07, 6.45) is 0. The molecule has 0 aliphatic heterocycles. The third-order valence-corrected chi connectivity index (χ3v) is 2.49. The maximum Gasteiger partial charge on any atom is 0.387 e. The van der Waals surface area contributed by atoms with Crippen molar-refractivity contribution in [2.75, 3.05) is 7.11 Å². The number of halogens is 4. The van der Waals surface area contributed by atoms with E-state index in [0.29, 0.717) is 0 Å². The van der Waals surface area contributed by atoms with Gasteiger partial charge in [0, 0.05) is 10.9 Å². The molecular weight excluding hydrogens is 305 g/mol. The molecule has 0 bridgehead atoms. The molecule has 0 heterocycles. The molecule has 0 atom stereocenters. The predicted octanol–water partition coefficient (Wildman–Crippen LogP) is 3.11. The van der Waals surface area contributed by atoms with E-state index in [1.807, 2.05) is 0 Å². The fourth-order valence-corrected chi connectivity index (χ4v) is 1.66. The van der Waals surface area contributed by atoms with E-state index in [4.69, 9.17) is 0 Å². The third-order valence-electron chi connectivity index (χ3n) is 1.89. The number of benzene rings is 1. The van der Waals surface area contributed by atoms with E-state index in [0.717, 1.165) is 19.2 Å². The zero-order valence-corrected chi connectivity index (χ0v) is 10.3. The molecule has 0 spiro atoms. The molecule has 1 rings (SSSR count). The third kappa shape index (κ3) is 3.36. The van der Waals surface area contributed by atoms with Crippen molar-refractivity contribution in [1.82, 2.24) is 0 Å². The summed E-state index contributed by atoms with van der Waals surface area (Å²) in [5, 5.41) is 0.0663. The molecule has 17 heavy (non-hydrogen) atoms. The zero-order chi connectivity index (χ0) is 13.0. The standard InChI is InChI=1S/C10H8BrF3O3/c1-16-9(15)7-3-6(12)2-5(4-11)8(7)17-10(13)14/h2-3,10H,4H2,1H3. The SMILES string of the molecule is COC(=O)c1cc(F)cc(CBr)c1OC(F)F. The Morgan fingerprint density at radius 2 is 2.12 bits per heavy atom. The molecule has 0 aromatic heterocycles. The van der Waals surface area contributed by atoms with Crippen LogP contribution in [0.25, 0.3) is 0 Å². The number of hydrogen-bond donors (Lipinski definition) is 0. The maximum absolute atomic E-state index is 13.2. The van der Waals surface area contributed by atoms with Gasteiger partial charge >= 0.3 is 12.6 Å². The first kappa shape index (κ1) is 13.8. The van der Waals surface area contributed by atoms with Crippen molar-refractivity contribution in [2.45, 2.75) is 11.9 Å². The Labute approximate surface area is 104 Å². The molecule has 0 amide bonds. The Morgan fingerprint density at radius 1 is 1.47 bits per heavy atom. The van der Waals surface area contributed by atoms with E-state index < -0.39 is 18.4 Å². The van der Waals surface area contributed by atoms with E-state index in [1.54, 1.807) is 0 Å². The second-order valence-electron chi connectivity index (χ2n) is 2.95. The first-order valence-corrected chi connectivity index (χ1v) is 5.53. The Kier molecular flexibility index (Phi) is 4.80. The van der Waals surface area contributed by atoms with Gasteiger partial charge < -0.3 is 9.47 Å². The van der Waals surface area contributed by atoms with Gasteiger partial charge in [-0.3, -0.25) is 0 Å². The molecule has 0 saturated carbocycles. The lowest BCUT2D eigenvalue weighted by Gasteiger charge is -2.13. The van der Waals surface area contributed by atoms with Crippen LogP contribution >= 0.6 is 15.9 Å². The van der Waals surface area contributed by atoms with Crippen LogP contribution in [0.4, 0.5) is 13.2 Å². The van der Waals surface area contributed by atoms with Crippen molar-refractivity contribution in [2.24, 2.45) is 0 Å². The number of hydrogen-bond acceptors (Lipinski definition) is 3. The molecule has 0 aliphatic carbocycles. The predicted molar refractivity (Wildman–Crippen MR) is 57.0 cm³/mol. The van der Waals surface area contributed by atoms with Crippen LogP contribution in [0.2, 0.25) is 0 Å². The second kappa shape index (κ2) is 5.90. The number of carbonyl (C=O) groups excluding carboxylic acids is 1. The summed E-state index contributed by atoms with van der Waals surface area (Å²) in [5.74, 6) is -2.06. The number of ether oxygens (including phenoxy) is 2. The van der Waals surface area contributed by atoms with Crippen molar-refractivity contribution < 1.29 is 27.4 Å². The van der Waals surface area contributed by atoms with E-state index >= 15 is 0 Å². The van der Waals surface area contributed by atoms with Crippen LogP contribution in [-0.4, -0.2) is 19.7 Å². The van der Waals surface area contributed by atoms with E-state index in [9.17, 15) is 18.0 Å². The highest BCUT2D eigenvalue weighted by molar-refractivity contribution is 9.08. The number of methoxy groups -OCH3 is 1. The molecule has 0 fully saturated rings. The molecule has 0 aliphatic rings. The lowest BCUT2D eigenvalue weighted by atomic mass is 10.1. The lowest BCUT2D eigenvalue weighted by Crippen LogP contribution is -2.11. The van der Waals surface area contributed by atoms with Gasteiger partial charge in [0.2, 0.25) is 0 Å². The first-order valence-electron chi connectivity index (χ1n) is 4.41. The van der Waals surface area contributed by atoms with E-state index in [2.05, 4.69) is 25.4 Å². The molecule has 0 radical (unpaired) electrons. The summed E-state index contributed by atoms with van der Waals surface area (Å²) in [5.41, 5.74) is -0.270. The minimum atomic E-state index is -3.11. The van der Waals surface area contributed by atoms with Gasteiger partial charge in [-0.15, -0.1) is 0 Å². The highest BCUT2D eigenvalue weighted by Crippen LogP contribution is 2.29. The van der Waals surface area contributed by atoms with Crippen molar-refractivity contribution in [3.05, 3.63) is 29.1 Å². The summed E-state index contributed by atoms with van der Waals surface area (Å²) in [6.45, 7) is -3.11. The lowest BCUT2D eigenvalue weighted by molar-refractivity contribution is -0.0509. The van der Waals surface area contributed by atoms with Gasteiger partial charge in [-0.1, -0.05) is 15.9 Å². The van der Waals surface area contributed by atoms with E-state index in [1.165, 1.54) is 0 Å². The van der Waals surface area contributed by atoms with Crippen molar-refractivity contribution in [3.63, 3.8) is 0 Å². The molecule has 0 unspecified atom stereocenters. The van der Waals surface area contributed by atoms with Gasteiger partial charge in [0.05, 0.1) is 7.11 Å². The summed E-state index contributed by atoms with van der Waals surface area (Å²) < 4.78 is 46.1. The minimum absolute atomic E-state index is 0.0663. The van der Waals surface area contributed by atoms with Gasteiger partial charge in [-0.25, -0.2) is 9.18 Å². The summed E-state index contributed by atoms with van der Waals surface area (Å²) >= 11 is 2.99. The number of rotatable bonds is 4. The van der Waals surface area contributed by atoms with Gasteiger partial charge in [-0.2, -0.15) is 8.78 Å². The summed E-state index contributed by atoms with van der Waals surface area (Å²) in [6, 6.07) is 1.79. The van der Waals surface area contributed by atoms with Crippen LogP contribution in [-0.2, 0) is 10.1 Å². The van der Waals surface area contributed by atoms with Crippen LogP contribution in [0.5, 0.6) is 5.75 Å². The molecule has 94 valence electrons. The molecule has 0 N–H and O–H groups in total. The van der Waals surface area contributed by atoms with Gasteiger partial charge in [0.1, 0.15) is 17.1 Å². The Hall–Kier alpha value is -1.24. The largest absolute Gasteiger partial charge is 0.465 e. The highest BCUT2D eigenvalue weighted by Gasteiger charge is 2.21. The number of carbonyl (C=O) groups is 1. The minimum Gasteiger partial charge on any atom is -0.465 e. The quantitative estimate of drug-likeness (QED) is 0.633. The highest BCUT2D eigenvalue weighted by atomic mass is 79.9. The smallest absolute Gasteiger partial charge is 0.387 e. The molecule has 1 aromatic rings.